The molecule has 0 spiro atoms. The van der Waals surface area contributed by atoms with Crippen LogP contribution in [0.1, 0.15) is 52.4 Å². The molecule has 0 heterocycles. The van der Waals surface area contributed by atoms with Crippen LogP contribution in [0.4, 0.5) is 0 Å². The van der Waals surface area contributed by atoms with Crippen LogP contribution in [0.5, 0.6) is 0 Å². The van der Waals surface area contributed by atoms with Gasteiger partial charge in [-0.3, -0.25) is 0 Å². The molecule has 1 saturated carbocycles. The Labute approximate surface area is 87.9 Å². The molecule has 2 nitrogen and oxygen atoms in total. The van der Waals surface area contributed by atoms with Crippen molar-refractivity contribution in [2.75, 3.05) is 6.54 Å². The minimum atomic E-state index is -0.176. The smallest absolute Gasteiger partial charge is 0.0636 e. The number of hydrogen-bond donors (Lipinski definition) is 2. The fourth-order valence-corrected chi connectivity index (χ4v) is 2.96. The van der Waals surface area contributed by atoms with Crippen LogP contribution in [0.3, 0.4) is 0 Å². The Morgan fingerprint density at radius 3 is 2.21 bits per heavy atom. The maximum absolute atomic E-state index is 10.4. The minimum absolute atomic E-state index is 0.176. The highest BCUT2D eigenvalue weighted by molar-refractivity contribution is 4.92. The highest BCUT2D eigenvalue weighted by Crippen LogP contribution is 2.46. The molecular weight excluding hydrogens is 174 g/mol. The van der Waals surface area contributed by atoms with E-state index in [9.17, 15) is 5.11 Å². The van der Waals surface area contributed by atoms with Crippen LogP contribution in [0, 0.1) is 11.3 Å². The lowest BCUT2D eigenvalue weighted by molar-refractivity contribution is -0.0178. The highest BCUT2D eigenvalue weighted by Gasteiger charge is 2.41. The Balaban J connectivity index is 2.67. The molecule has 1 aliphatic rings. The zero-order valence-electron chi connectivity index (χ0n) is 9.63. The fraction of sp³-hybridized carbons (Fsp3) is 1.00. The second-order valence-electron chi connectivity index (χ2n) is 4.77. The van der Waals surface area contributed by atoms with Crippen LogP contribution in [-0.2, 0) is 0 Å². The third-order valence-electron chi connectivity index (χ3n) is 4.20. The number of nitrogens with two attached hydrogens (primary N) is 1. The van der Waals surface area contributed by atoms with Gasteiger partial charge in [0.1, 0.15) is 0 Å². The van der Waals surface area contributed by atoms with Gasteiger partial charge in [-0.1, -0.05) is 26.7 Å². The van der Waals surface area contributed by atoms with Crippen LogP contribution in [0.25, 0.3) is 0 Å². The average molecular weight is 199 g/mol. The summed E-state index contributed by atoms with van der Waals surface area (Å²) in [7, 11) is 0. The maximum atomic E-state index is 10.4. The molecule has 84 valence electrons. The van der Waals surface area contributed by atoms with Gasteiger partial charge in [-0.25, -0.2) is 0 Å². The van der Waals surface area contributed by atoms with Crippen molar-refractivity contribution in [2.45, 2.75) is 58.5 Å². The van der Waals surface area contributed by atoms with Gasteiger partial charge < -0.3 is 10.8 Å². The van der Waals surface area contributed by atoms with Crippen molar-refractivity contribution in [3.05, 3.63) is 0 Å². The Kier molecular flexibility index (Phi) is 4.39. The van der Waals surface area contributed by atoms with E-state index in [-0.39, 0.29) is 11.5 Å². The van der Waals surface area contributed by atoms with Gasteiger partial charge in [0.2, 0.25) is 0 Å². The molecule has 1 fully saturated rings. The molecule has 2 atom stereocenters. The van der Waals surface area contributed by atoms with Crippen LogP contribution < -0.4 is 5.73 Å². The van der Waals surface area contributed by atoms with E-state index in [4.69, 9.17) is 5.73 Å². The molecule has 3 N–H and O–H groups in total. The van der Waals surface area contributed by atoms with Crippen LogP contribution in [0.2, 0.25) is 0 Å². The lowest BCUT2D eigenvalue weighted by Crippen LogP contribution is -2.41. The summed E-state index contributed by atoms with van der Waals surface area (Å²) in [6.07, 6.45) is 6.88. The normalized spacial score (nSPS) is 24.9. The quantitative estimate of drug-likeness (QED) is 0.713. The first-order valence-corrected chi connectivity index (χ1v) is 6.08. The lowest BCUT2D eigenvalue weighted by Gasteiger charge is -2.37. The van der Waals surface area contributed by atoms with Gasteiger partial charge >= 0.3 is 0 Å². The van der Waals surface area contributed by atoms with E-state index >= 15 is 0 Å². The van der Waals surface area contributed by atoms with E-state index in [0.29, 0.717) is 12.5 Å². The van der Waals surface area contributed by atoms with Crippen molar-refractivity contribution in [3.8, 4) is 0 Å². The van der Waals surface area contributed by atoms with Gasteiger partial charge in [-0.2, -0.15) is 0 Å². The lowest BCUT2D eigenvalue weighted by atomic mass is 9.72. The topological polar surface area (TPSA) is 46.2 Å². The van der Waals surface area contributed by atoms with Gasteiger partial charge in [0.05, 0.1) is 6.10 Å². The SMILES string of the molecule is CCC(CN)C(O)C1(CC)CCCC1. The van der Waals surface area contributed by atoms with E-state index in [1.54, 1.807) is 0 Å². The third kappa shape index (κ3) is 2.12. The van der Waals surface area contributed by atoms with Crippen molar-refractivity contribution in [1.82, 2.24) is 0 Å². The highest BCUT2D eigenvalue weighted by atomic mass is 16.3. The van der Waals surface area contributed by atoms with E-state index in [0.717, 1.165) is 12.8 Å². The molecule has 0 aliphatic heterocycles. The monoisotopic (exact) mass is 199 g/mol. The number of hydrogen-bond acceptors (Lipinski definition) is 2. The number of aliphatic hydroxyl groups excluding tert-OH is 1. The second kappa shape index (κ2) is 5.13. The summed E-state index contributed by atoms with van der Waals surface area (Å²) in [5.74, 6) is 0.299. The molecule has 0 bridgehead atoms. The predicted octanol–water partition coefficient (Wildman–Crippen LogP) is 2.30. The second-order valence-corrected chi connectivity index (χ2v) is 4.77. The summed E-state index contributed by atoms with van der Waals surface area (Å²) in [5.41, 5.74) is 5.90. The maximum Gasteiger partial charge on any atom is 0.0636 e. The van der Waals surface area contributed by atoms with Crippen LogP contribution in [0.15, 0.2) is 0 Å². The zero-order valence-corrected chi connectivity index (χ0v) is 9.63. The Hall–Kier alpha value is -0.0800. The molecule has 0 aromatic rings. The van der Waals surface area contributed by atoms with E-state index < -0.39 is 0 Å². The summed E-state index contributed by atoms with van der Waals surface area (Å²) < 4.78 is 0. The van der Waals surface area contributed by atoms with Gasteiger partial charge in [-0.15, -0.1) is 0 Å². The van der Waals surface area contributed by atoms with Crippen molar-refractivity contribution >= 4 is 0 Å². The molecule has 1 rings (SSSR count). The van der Waals surface area contributed by atoms with Crippen molar-refractivity contribution in [2.24, 2.45) is 17.1 Å². The van der Waals surface area contributed by atoms with Gasteiger partial charge in [-0.05, 0) is 43.6 Å². The third-order valence-corrected chi connectivity index (χ3v) is 4.20. The summed E-state index contributed by atoms with van der Waals surface area (Å²) in [6, 6.07) is 0. The minimum Gasteiger partial charge on any atom is -0.392 e. The van der Waals surface area contributed by atoms with E-state index in [1.165, 1.54) is 25.7 Å². The zero-order chi connectivity index (χ0) is 10.6. The van der Waals surface area contributed by atoms with Gasteiger partial charge in [0.25, 0.3) is 0 Å². The predicted molar refractivity (Wildman–Crippen MR) is 60.0 cm³/mol. The molecular formula is C12H25NO. The first-order chi connectivity index (χ1) is 6.70. The Morgan fingerprint density at radius 1 is 1.29 bits per heavy atom. The van der Waals surface area contributed by atoms with Crippen molar-refractivity contribution in [3.63, 3.8) is 0 Å². The molecule has 0 aromatic carbocycles. The Bertz CT molecular complexity index is 160. The summed E-state index contributed by atoms with van der Waals surface area (Å²) in [5, 5.41) is 10.4. The molecule has 0 amide bonds. The summed E-state index contributed by atoms with van der Waals surface area (Å²) in [4.78, 5) is 0. The molecule has 0 aromatic heterocycles. The molecule has 0 radical (unpaired) electrons. The Morgan fingerprint density at radius 2 is 1.86 bits per heavy atom. The average Bonchev–Trinajstić information content (AvgIpc) is 2.69. The van der Waals surface area contributed by atoms with Crippen LogP contribution in [-0.4, -0.2) is 17.8 Å². The van der Waals surface area contributed by atoms with Gasteiger partial charge in [0.15, 0.2) is 0 Å². The van der Waals surface area contributed by atoms with Gasteiger partial charge in [0, 0.05) is 0 Å². The standard InChI is InChI=1S/C12H25NO/c1-3-10(9-13)11(14)12(4-2)7-5-6-8-12/h10-11,14H,3-9,13H2,1-2H3. The van der Waals surface area contributed by atoms with E-state index in [1.807, 2.05) is 0 Å². The van der Waals surface area contributed by atoms with Crippen molar-refractivity contribution in [1.29, 1.82) is 0 Å². The molecule has 14 heavy (non-hydrogen) atoms. The van der Waals surface area contributed by atoms with E-state index in [2.05, 4.69) is 13.8 Å². The summed E-state index contributed by atoms with van der Waals surface area (Å²) in [6.45, 7) is 4.95. The van der Waals surface area contributed by atoms with Crippen molar-refractivity contribution < 1.29 is 5.11 Å². The number of rotatable bonds is 5. The first-order valence-electron chi connectivity index (χ1n) is 6.08. The van der Waals surface area contributed by atoms with Crippen LogP contribution >= 0.6 is 0 Å². The molecule has 2 heteroatoms. The first kappa shape index (κ1) is 12.0. The number of aliphatic hydroxyl groups is 1. The largest absolute Gasteiger partial charge is 0.392 e. The fourth-order valence-electron chi connectivity index (χ4n) is 2.96. The summed E-state index contributed by atoms with van der Waals surface area (Å²) >= 11 is 0. The molecule has 1 aliphatic carbocycles. The molecule has 2 unspecified atom stereocenters. The molecule has 0 saturated heterocycles.